The number of hydrogen-bond donors (Lipinski definition) is 1. The van der Waals surface area contributed by atoms with Crippen LogP contribution in [0.3, 0.4) is 0 Å². The van der Waals surface area contributed by atoms with Crippen molar-refractivity contribution in [2.45, 2.75) is 5.50 Å². The number of carboxylic acid groups (broad SMARTS) is 1. The Bertz CT molecular complexity index is 248. The number of carboxylic acids is 1. The van der Waals surface area contributed by atoms with Crippen LogP contribution in [0.4, 0.5) is 4.39 Å². The van der Waals surface area contributed by atoms with E-state index in [0.29, 0.717) is 11.8 Å². The van der Waals surface area contributed by atoms with E-state index in [1.165, 1.54) is 0 Å². The quantitative estimate of drug-likeness (QED) is 0.708. The number of rotatable bonds is 5. The lowest BCUT2D eigenvalue weighted by Gasteiger charge is -2.00. The van der Waals surface area contributed by atoms with E-state index in [2.05, 4.69) is 0 Å². The van der Waals surface area contributed by atoms with Crippen LogP contribution < -0.4 is 0 Å². The third-order valence-corrected chi connectivity index (χ3v) is 3.05. The summed E-state index contributed by atoms with van der Waals surface area (Å²) in [4.78, 5) is 9.91. The first-order chi connectivity index (χ1) is 5.33. The molecule has 0 fully saturated rings. The third kappa shape index (κ3) is 6.41. The van der Waals surface area contributed by atoms with Crippen molar-refractivity contribution in [3.63, 3.8) is 0 Å². The number of carbonyl (C=O) groups is 1. The first kappa shape index (κ1) is 11.7. The maximum absolute atomic E-state index is 12.3. The van der Waals surface area contributed by atoms with Gasteiger partial charge in [0.05, 0.1) is 5.75 Å². The van der Waals surface area contributed by atoms with Gasteiger partial charge in [-0.1, -0.05) is 0 Å². The molecule has 0 bridgehead atoms. The second-order valence-corrected chi connectivity index (χ2v) is 5.57. The Balaban J connectivity index is 3.65. The van der Waals surface area contributed by atoms with Crippen molar-refractivity contribution >= 4 is 27.6 Å². The van der Waals surface area contributed by atoms with Crippen LogP contribution in [0.25, 0.3) is 0 Å². The summed E-state index contributed by atoms with van der Waals surface area (Å²) in [5, 5.41) is 8.07. The normalized spacial score (nSPS) is 14.2. The number of thioether (sulfide) groups is 1. The van der Waals surface area contributed by atoms with Gasteiger partial charge in [-0.25, -0.2) is 17.6 Å². The van der Waals surface area contributed by atoms with Crippen molar-refractivity contribution in [1.29, 1.82) is 0 Å². The zero-order chi connectivity index (χ0) is 9.78. The van der Waals surface area contributed by atoms with Crippen LogP contribution in [0.1, 0.15) is 0 Å². The van der Waals surface area contributed by atoms with Crippen molar-refractivity contribution in [3.8, 4) is 0 Å². The van der Waals surface area contributed by atoms with E-state index in [4.69, 9.17) is 5.11 Å². The molecule has 0 aromatic carbocycles. The topological polar surface area (TPSA) is 71.4 Å². The van der Waals surface area contributed by atoms with Gasteiger partial charge in [0.1, 0.15) is 9.84 Å². The van der Waals surface area contributed by atoms with Gasteiger partial charge in [0.25, 0.3) is 0 Å². The molecular formula is C5H9FO4S2. The summed E-state index contributed by atoms with van der Waals surface area (Å²) in [6.07, 6.45) is 1.02. The molecule has 1 N–H and O–H groups in total. The first-order valence-corrected chi connectivity index (χ1v) is 6.10. The Morgan fingerprint density at radius 3 is 2.50 bits per heavy atom. The summed E-state index contributed by atoms with van der Waals surface area (Å²) in [6, 6.07) is 0. The van der Waals surface area contributed by atoms with Gasteiger partial charge in [0.15, 0.2) is 0 Å². The minimum Gasteiger partial charge on any atom is -0.478 e. The monoisotopic (exact) mass is 216 g/mol. The number of sulfone groups is 1. The van der Waals surface area contributed by atoms with Gasteiger partial charge in [-0.15, -0.1) is 11.8 Å². The number of aliphatic carboxylic acids is 1. The maximum Gasteiger partial charge on any atom is 0.348 e. The lowest BCUT2D eigenvalue weighted by atomic mass is 10.8. The second-order valence-electron chi connectivity index (χ2n) is 2.15. The van der Waals surface area contributed by atoms with Crippen molar-refractivity contribution in [2.24, 2.45) is 0 Å². The van der Waals surface area contributed by atoms with Gasteiger partial charge >= 0.3 is 5.97 Å². The summed E-state index contributed by atoms with van der Waals surface area (Å²) in [5.41, 5.74) is -2.04. The van der Waals surface area contributed by atoms with E-state index >= 15 is 0 Å². The molecule has 0 saturated carbocycles. The molecule has 0 rings (SSSR count). The SMILES string of the molecule is CS(=O)(=O)CCSC(F)C(=O)O. The van der Waals surface area contributed by atoms with Gasteiger partial charge in [-0.2, -0.15) is 0 Å². The molecule has 0 aliphatic heterocycles. The standard InChI is InChI=1S/C5H9FO4S2/c1-12(9,10)3-2-11-4(6)5(7)8/h4H,2-3H2,1H3,(H,7,8). The molecule has 4 nitrogen and oxygen atoms in total. The third-order valence-electron chi connectivity index (χ3n) is 0.912. The van der Waals surface area contributed by atoms with E-state index in [1.807, 2.05) is 0 Å². The molecule has 7 heteroatoms. The van der Waals surface area contributed by atoms with Crippen LogP contribution >= 0.6 is 11.8 Å². The molecule has 72 valence electrons. The molecule has 1 atom stereocenters. The molecule has 0 amide bonds. The maximum atomic E-state index is 12.3. The molecule has 0 aromatic heterocycles. The predicted octanol–water partition coefficient (Wildman–Crippen LogP) is 0.144. The fourth-order valence-electron chi connectivity index (χ4n) is 0.374. The zero-order valence-electron chi connectivity index (χ0n) is 6.36. The van der Waals surface area contributed by atoms with Crippen LogP contribution in [-0.4, -0.2) is 42.8 Å². The molecule has 0 saturated heterocycles. The smallest absolute Gasteiger partial charge is 0.348 e. The van der Waals surface area contributed by atoms with Crippen LogP contribution in [-0.2, 0) is 14.6 Å². The van der Waals surface area contributed by atoms with Gasteiger partial charge in [-0.3, -0.25) is 0 Å². The predicted molar refractivity (Wildman–Crippen MR) is 44.7 cm³/mol. The molecular weight excluding hydrogens is 207 g/mol. The Morgan fingerprint density at radius 1 is 1.67 bits per heavy atom. The minimum absolute atomic E-state index is 0.0354. The highest BCUT2D eigenvalue weighted by atomic mass is 32.2. The molecule has 0 aliphatic rings. The lowest BCUT2D eigenvalue weighted by Crippen LogP contribution is -2.13. The number of hydrogen-bond acceptors (Lipinski definition) is 4. The van der Waals surface area contributed by atoms with E-state index in [0.717, 1.165) is 6.26 Å². The average Bonchev–Trinajstić information content (AvgIpc) is 1.84. The van der Waals surface area contributed by atoms with Crippen LogP contribution in [0.2, 0.25) is 0 Å². The summed E-state index contributed by atoms with van der Waals surface area (Å²) in [6.45, 7) is 0. The Labute approximate surface area is 74.1 Å². The molecule has 1 unspecified atom stereocenters. The molecule has 12 heavy (non-hydrogen) atoms. The van der Waals surface area contributed by atoms with Crippen LogP contribution in [0.15, 0.2) is 0 Å². The minimum atomic E-state index is -3.13. The Kier molecular flexibility index (Phi) is 4.54. The Hall–Kier alpha value is -0.300. The van der Waals surface area contributed by atoms with Gasteiger partial charge in [0.2, 0.25) is 5.50 Å². The second kappa shape index (κ2) is 4.66. The highest BCUT2D eigenvalue weighted by Gasteiger charge is 2.16. The van der Waals surface area contributed by atoms with E-state index in [9.17, 15) is 17.6 Å². The largest absolute Gasteiger partial charge is 0.478 e. The molecule has 0 heterocycles. The van der Waals surface area contributed by atoms with E-state index in [1.54, 1.807) is 0 Å². The first-order valence-electron chi connectivity index (χ1n) is 2.99. The fourth-order valence-corrected chi connectivity index (χ4v) is 2.32. The molecule has 0 spiro atoms. The van der Waals surface area contributed by atoms with E-state index < -0.39 is 21.3 Å². The summed E-state index contributed by atoms with van der Waals surface area (Å²) < 4.78 is 33.3. The van der Waals surface area contributed by atoms with Gasteiger partial charge in [-0.05, 0) is 0 Å². The van der Waals surface area contributed by atoms with Crippen molar-refractivity contribution < 1.29 is 22.7 Å². The summed E-state index contributed by atoms with van der Waals surface area (Å²) in [7, 11) is -3.13. The highest BCUT2D eigenvalue weighted by molar-refractivity contribution is 8.01. The Morgan fingerprint density at radius 2 is 2.17 bits per heavy atom. The average molecular weight is 216 g/mol. The fraction of sp³-hybridized carbons (Fsp3) is 0.800. The number of alkyl halides is 1. The van der Waals surface area contributed by atoms with E-state index in [-0.39, 0.29) is 11.5 Å². The highest BCUT2D eigenvalue weighted by Crippen LogP contribution is 2.12. The zero-order valence-corrected chi connectivity index (χ0v) is 7.99. The number of halogens is 1. The molecule has 0 aromatic rings. The van der Waals surface area contributed by atoms with Crippen molar-refractivity contribution in [2.75, 3.05) is 17.8 Å². The van der Waals surface area contributed by atoms with Crippen LogP contribution in [0, 0.1) is 0 Å². The summed E-state index contributed by atoms with van der Waals surface area (Å²) in [5.74, 6) is -1.81. The molecule has 0 aliphatic carbocycles. The van der Waals surface area contributed by atoms with Crippen LogP contribution in [0.5, 0.6) is 0 Å². The summed E-state index contributed by atoms with van der Waals surface area (Å²) >= 11 is 0.466. The van der Waals surface area contributed by atoms with Crippen molar-refractivity contribution in [3.05, 3.63) is 0 Å². The lowest BCUT2D eigenvalue weighted by molar-refractivity contribution is -0.139. The van der Waals surface area contributed by atoms with Gasteiger partial charge < -0.3 is 5.11 Å². The molecule has 0 radical (unpaired) electrons. The van der Waals surface area contributed by atoms with Gasteiger partial charge in [0, 0.05) is 12.0 Å². The van der Waals surface area contributed by atoms with Crippen molar-refractivity contribution in [1.82, 2.24) is 0 Å².